The molecule has 1 N–H and O–H groups in total. The Morgan fingerprint density at radius 1 is 1.21 bits per heavy atom. The second-order valence-electron chi connectivity index (χ2n) is 3.87. The van der Waals surface area contributed by atoms with Gasteiger partial charge in [0.15, 0.2) is 0 Å². The SMILES string of the molecule is C=CNCC1CCC(C(F)(F)F)CC1. The van der Waals surface area contributed by atoms with Crippen LogP contribution >= 0.6 is 0 Å². The van der Waals surface area contributed by atoms with Gasteiger partial charge in [0.2, 0.25) is 0 Å². The second-order valence-corrected chi connectivity index (χ2v) is 3.87. The highest BCUT2D eigenvalue weighted by Crippen LogP contribution is 2.39. The number of rotatable bonds is 3. The lowest BCUT2D eigenvalue weighted by molar-refractivity contribution is -0.183. The smallest absolute Gasteiger partial charge is 0.391 e. The average molecular weight is 207 g/mol. The standard InChI is InChI=1S/C10H16F3N/c1-2-14-7-8-3-5-9(6-4-8)10(11,12)13/h2,8-9,14H,1,3-7H2. The fourth-order valence-electron chi connectivity index (χ4n) is 1.94. The number of hydrogen-bond donors (Lipinski definition) is 1. The number of halogens is 3. The molecule has 0 aromatic carbocycles. The molecule has 4 heteroatoms. The van der Waals surface area contributed by atoms with Crippen molar-refractivity contribution in [3.05, 3.63) is 12.8 Å². The van der Waals surface area contributed by atoms with Gasteiger partial charge >= 0.3 is 6.18 Å². The van der Waals surface area contributed by atoms with Crippen molar-refractivity contribution in [2.24, 2.45) is 11.8 Å². The van der Waals surface area contributed by atoms with Crippen molar-refractivity contribution < 1.29 is 13.2 Å². The molecule has 0 amide bonds. The summed E-state index contributed by atoms with van der Waals surface area (Å²) in [6, 6.07) is 0. The molecule has 1 aliphatic rings. The highest BCUT2D eigenvalue weighted by Gasteiger charge is 2.41. The number of hydrogen-bond acceptors (Lipinski definition) is 1. The van der Waals surface area contributed by atoms with Crippen LogP contribution in [0, 0.1) is 11.8 Å². The molecule has 0 spiro atoms. The van der Waals surface area contributed by atoms with Crippen molar-refractivity contribution in [3.63, 3.8) is 0 Å². The third kappa shape index (κ3) is 3.24. The van der Waals surface area contributed by atoms with Gasteiger partial charge in [0.1, 0.15) is 0 Å². The van der Waals surface area contributed by atoms with E-state index in [2.05, 4.69) is 11.9 Å². The Balaban J connectivity index is 2.27. The van der Waals surface area contributed by atoms with E-state index in [4.69, 9.17) is 0 Å². The molecule has 14 heavy (non-hydrogen) atoms. The Kier molecular flexibility index (Phi) is 3.84. The van der Waals surface area contributed by atoms with E-state index in [0.717, 1.165) is 6.54 Å². The highest BCUT2D eigenvalue weighted by molar-refractivity contribution is 4.79. The molecule has 0 radical (unpaired) electrons. The Bertz CT molecular complexity index is 180. The van der Waals surface area contributed by atoms with E-state index < -0.39 is 12.1 Å². The minimum Gasteiger partial charge on any atom is -0.391 e. The molecule has 0 saturated heterocycles. The van der Waals surface area contributed by atoms with Crippen LogP contribution < -0.4 is 5.32 Å². The zero-order valence-corrected chi connectivity index (χ0v) is 8.11. The number of nitrogens with one attached hydrogen (secondary N) is 1. The topological polar surface area (TPSA) is 12.0 Å². The van der Waals surface area contributed by atoms with Crippen LogP contribution in [0.3, 0.4) is 0 Å². The summed E-state index contributed by atoms with van der Waals surface area (Å²) in [5.74, 6) is -0.686. The summed E-state index contributed by atoms with van der Waals surface area (Å²) in [5, 5.41) is 2.95. The Hall–Kier alpha value is -0.670. The van der Waals surface area contributed by atoms with Gasteiger partial charge in [0.25, 0.3) is 0 Å². The first-order valence-electron chi connectivity index (χ1n) is 4.95. The fraction of sp³-hybridized carbons (Fsp3) is 0.800. The van der Waals surface area contributed by atoms with E-state index in [1.54, 1.807) is 6.20 Å². The summed E-state index contributed by atoms with van der Waals surface area (Å²) in [4.78, 5) is 0. The normalized spacial score (nSPS) is 28.5. The monoisotopic (exact) mass is 207 g/mol. The van der Waals surface area contributed by atoms with E-state index in [-0.39, 0.29) is 12.8 Å². The van der Waals surface area contributed by atoms with Gasteiger partial charge in [0.05, 0.1) is 5.92 Å². The Morgan fingerprint density at radius 3 is 2.21 bits per heavy atom. The molecular formula is C10H16F3N. The zero-order valence-electron chi connectivity index (χ0n) is 8.11. The first-order chi connectivity index (χ1) is 6.54. The van der Waals surface area contributed by atoms with Crippen LogP contribution in [0.25, 0.3) is 0 Å². The van der Waals surface area contributed by atoms with Gasteiger partial charge in [0, 0.05) is 6.54 Å². The summed E-state index contributed by atoms with van der Waals surface area (Å²) >= 11 is 0. The second kappa shape index (κ2) is 4.71. The van der Waals surface area contributed by atoms with Crippen LogP contribution in [-0.2, 0) is 0 Å². The lowest BCUT2D eigenvalue weighted by Gasteiger charge is -2.29. The molecule has 0 aliphatic heterocycles. The third-order valence-corrected chi connectivity index (χ3v) is 2.86. The summed E-state index contributed by atoms with van der Waals surface area (Å²) < 4.78 is 36.9. The molecule has 0 aromatic heterocycles. The molecule has 1 fully saturated rings. The van der Waals surface area contributed by atoms with Crippen LogP contribution in [-0.4, -0.2) is 12.7 Å². The van der Waals surface area contributed by atoms with Crippen LogP contribution in [0.1, 0.15) is 25.7 Å². The highest BCUT2D eigenvalue weighted by atomic mass is 19.4. The minimum atomic E-state index is -3.99. The van der Waals surface area contributed by atoms with Crippen molar-refractivity contribution in [1.29, 1.82) is 0 Å². The molecule has 1 aliphatic carbocycles. The van der Waals surface area contributed by atoms with Gasteiger partial charge in [-0.25, -0.2) is 0 Å². The van der Waals surface area contributed by atoms with E-state index in [0.29, 0.717) is 18.8 Å². The molecular weight excluding hydrogens is 191 g/mol. The van der Waals surface area contributed by atoms with Crippen LogP contribution in [0.15, 0.2) is 12.8 Å². The molecule has 1 rings (SSSR count). The summed E-state index contributed by atoms with van der Waals surface area (Å²) in [7, 11) is 0. The van der Waals surface area contributed by atoms with Crippen molar-refractivity contribution in [2.45, 2.75) is 31.9 Å². The summed E-state index contributed by atoms with van der Waals surface area (Å²) in [5.41, 5.74) is 0. The van der Waals surface area contributed by atoms with Gasteiger partial charge in [-0.2, -0.15) is 13.2 Å². The maximum absolute atomic E-state index is 12.3. The lowest BCUT2D eigenvalue weighted by atomic mass is 9.81. The largest absolute Gasteiger partial charge is 0.391 e. The van der Waals surface area contributed by atoms with Crippen molar-refractivity contribution in [2.75, 3.05) is 6.54 Å². The van der Waals surface area contributed by atoms with Crippen molar-refractivity contribution in [1.82, 2.24) is 5.32 Å². The van der Waals surface area contributed by atoms with E-state index >= 15 is 0 Å². The van der Waals surface area contributed by atoms with Crippen LogP contribution in [0.5, 0.6) is 0 Å². The van der Waals surface area contributed by atoms with E-state index in [1.807, 2.05) is 0 Å². The predicted molar refractivity (Wildman–Crippen MR) is 49.7 cm³/mol. The fourth-order valence-corrected chi connectivity index (χ4v) is 1.94. The Morgan fingerprint density at radius 2 is 1.79 bits per heavy atom. The molecule has 0 heterocycles. The molecule has 0 atom stereocenters. The molecule has 0 bridgehead atoms. The maximum atomic E-state index is 12.3. The average Bonchev–Trinajstić information content (AvgIpc) is 2.14. The third-order valence-electron chi connectivity index (χ3n) is 2.86. The maximum Gasteiger partial charge on any atom is 0.391 e. The van der Waals surface area contributed by atoms with Gasteiger partial charge in [-0.15, -0.1) is 0 Å². The molecule has 0 aromatic rings. The van der Waals surface area contributed by atoms with Gasteiger partial charge in [-0.1, -0.05) is 6.58 Å². The van der Waals surface area contributed by atoms with Crippen molar-refractivity contribution >= 4 is 0 Å². The number of alkyl halides is 3. The quantitative estimate of drug-likeness (QED) is 0.749. The first-order valence-corrected chi connectivity index (χ1v) is 4.95. The van der Waals surface area contributed by atoms with Crippen LogP contribution in [0.4, 0.5) is 13.2 Å². The van der Waals surface area contributed by atoms with E-state index in [9.17, 15) is 13.2 Å². The first kappa shape index (κ1) is 11.4. The van der Waals surface area contributed by atoms with Gasteiger partial charge in [-0.3, -0.25) is 0 Å². The van der Waals surface area contributed by atoms with Gasteiger partial charge in [-0.05, 0) is 37.8 Å². The van der Waals surface area contributed by atoms with Crippen LogP contribution in [0.2, 0.25) is 0 Å². The van der Waals surface area contributed by atoms with Gasteiger partial charge < -0.3 is 5.32 Å². The van der Waals surface area contributed by atoms with Crippen molar-refractivity contribution in [3.8, 4) is 0 Å². The molecule has 0 unspecified atom stereocenters. The summed E-state index contributed by atoms with van der Waals surface area (Å²) in [6.45, 7) is 4.27. The zero-order chi connectivity index (χ0) is 10.6. The Labute approximate surface area is 82.4 Å². The minimum absolute atomic E-state index is 0.285. The van der Waals surface area contributed by atoms with E-state index in [1.165, 1.54) is 0 Å². The molecule has 82 valence electrons. The predicted octanol–water partition coefficient (Wildman–Crippen LogP) is 3.09. The molecule has 1 saturated carbocycles. The lowest BCUT2D eigenvalue weighted by Crippen LogP contribution is -2.30. The molecule has 1 nitrogen and oxygen atoms in total. The summed E-state index contributed by atoms with van der Waals surface area (Å²) in [6.07, 6.45) is -0.483.